The Morgan fingerprint density at radius 3 is 2.05 bits per heavy atom. The van der Waals surface area contributed by atoms with Gasteiger partial charge in [-0.2, -0.15) is 4.31 Å². The summed E-state index contributed by atoms with van der Waals surface area (Å²) in [7, 11) is -3.72. The van der Waals surface area contributed by atoms with Crippen molar-refractivity contribution in [1.82, 2.24) is 9.21 Å². The zero-order valence-electron chi connectivity index (χ0n) is 12.3. The quantitative estimate of drug-likeness (QED) is 0.642. The van der Waals surface area contributed by atoms with Crippen LogP contribution >= 0.6 is 0 Å². The lowest BCUT2D eigenvalue weighted by atomic mass is 10.2. The Morgan fingerprint density at radius 1 is 1.16 bits per heavy atom. The Kier molecular flexibility index (Phi) is 8.20. The molecule has 0 unspecified atom stereocenters. The highest BCUT2D eigenvalue weighted by atomic mass is 32.2. The monoisotopic (exact) mass is 294 g/mol. The molecule has 0 rings (SSSR count). The molecule has 0 spiro atoms. The molecule has 0 aliphatic rings. The Morgan fingerprint density at radius 2 is 1.68 bits per heavy atom. The van der Waals surface area contributed by atoms with Crippen LogP contribution in [0, 0.1) is 5.92 Å². The molecule has 0 bridgehead atoms. The summed E-state index contributed by atoms with van der Waals surface area (Å²) in [4.78, 5) is 12.8. The Hall–Kier alpha value is -0.660. The van der Waals surface area contributed by atoms with Gasteiger partial charge in [0.15, 0.2) is 5.75 Å². The number of carboxylic acids is 1. The molecule has 0 aromatic carbocycles. The van der Waals surface area contributed by atoms with E-state index in [1.807, 2.05) is 27.7 Å². The fourth-order valence-electron chi connectivity index (χ4n) is 1.79. The summed E-state index contributed by atoms with van der Waals surface area (Å²) in [5.41, 5.74) is 0. The molecule has 0 radical (unpaired) electrons. The Balaban J connectivity index is 4.76. The number of hydrogen-bond acceptors (Lipinski definition) is 4. The van der Waals surface area contributed by atoms with E-state index in [0.717, 1.165) is 13.1 Å². The number of sulfonamides is 1. The van der Waals surface area contributed by atoms with Crippen molar-refractivity contribution in [3.8, 4) is 0 Å². The number of carboxylic acid groups (broad SMARTS) is 1. The fraction of sp³-hybridized carbons (Fsp3) is 0.917. The molecule has 19 heavy (non-hydrogen) atoms. The van der Waals surface area contributed by atoms with E-state index in [1.165, 1.54) is 4.31 Å². The Labute approximate surface area is 116 Å². The van der Waals surface area contributed by atoms with Crippen molar-refractivity contribution >= 4 is 16.0 Å². The van der Waals surface area contributed by atoms with Crippen molar-refractivity contribution in [3.63, 3.8) is 0 Å². The molecule has 0 aliphatic heterocycles. The normalized spacial score (nSPS) is 12.6. The molecule has 0 saturated carbocycles. The Bertz CT molecular complexity index is 364. The average molecular weight is 294 g/mol. The molecule has 1 N–H and O–H groups in total. The smallest absolute Gasteiger partial charge is 0.320 e. The van der Waals surface area contributed by atoms with Gasteiger partial charge in [0.1, 0.15) is 0 Å². The van der Waals surface area contributed by atoms with E-state index in [2.05, 4.69) is 4.90 Å². The second-order valence-electron chi connectivity index (χ2n) is 4.93. The van der Waals surface area contributed by atoms with E-state index in [4.69, 9.17) is 5.11 Å². The lowest BCUT2D eigenvalue weighted by Gasteiger charge is -2.26. The summed E-state index contributed by atoms with van der Waals surface area (Å²) in [6, 6.07) is 0. The largest absolute Gasteiger partial charge is 0.480 e. The molecule has 6 nitrogen and oxygen atoms in total. The number of rotatable bonds is 10. The van der Waals surface area contributed by atoms with Crippen molar-refractivity contribution in [2.45, 2.75) is 27.7 Å². The van der Waals surface area contributed by atoms with E-state index in [0.29, 0.717) is 19.6 Å². The van der Waals surface area contributed by atoms with Gasteiger partial charge in [-0.1, -0.05) is 27.7 Å². The van der Waals surface area contributed by atoms with E-state index in [9.17, 15) is 13.2 Å². The first-order chi connectivity index (χ1) is 8.72. The number of nitrogens with zero attached hydrogens (tertiary/aromatic N) is 2. The molecule has 0 saturated heterocycles. The zero-order valence-corrected chi connectivity index (χ0v) is 13.1. The first-order valence-electron chi connectivity index (χ1n) is 6.64. The standard InChI is InChI=1S/C12H26N2O4S/c1-5-13(6-2)7-8-14(9-11(3)4)19(17,18)10-12(15)16/h11H,5-10H2,1-4H3,(H,15,16). The molecule has 0 amide bonds. The van der Waals surface area contributed by atoms with E-state index in [1.54, 1.807) is 0 Å². The molecule has 0 aromatic heterocycles. The fourth-order valence-corrected chi connectivity index (χ4v) is 3.17. The third kappa shape index (κ3) is 7.49. The van der Waals surface area contributed by atoms with Gasteiger partial charge in [0.2, 0.25) is 10.0 Å². The predicted octanol–water partition coefficient (Wildman–Crippen LogP) is 0.701. The van der Waals surface area contributed by atoms with Gasteiger partial charge in [0.05, 0.1) is 0 Å². The number of carbonyl (C=O) groups is 1. The third-order valence-corrected chi connectivity index (χ3v) is 4.56. The summed E-state index contributed by atoms with van der Waals surface area (Å²) in [5, 5.41) is 8.69. The van der Waals surface area contributed by atoms with Crippen molar-refractivity contribution in [1.29, 1.82) is 0 Å². The molecule has 0 fully saturated rings. The minimum absolute atomic E-state index is 0.167. The van der Waals surface area contributed by atoms with Crippen molar-refractivity contribution < 1.29 is 18.3 Å². The maximum atomic E-state index is 12.0. The van der Waals surface area contributed by atoms with E-state index < -0.39 is 21.7 Å². The van der Waals surface area contributed by atoms with Crippen LogP contribution in [-0.2, 0) is 14.8 Å². The zero-order chi connectivity index (χ0) is 15.1. The molecule has 0 heterocycles. The van der Waals surface area contributed by atoms with E-state index >= 15 is 0 Å². The molecular formula is C12H26N2O4S. The molecule has 0 atom stereocenters. The van der Waals surface area contributed by atoms with Crippen molar-refractivity contribution in [2.75, 3.05) is 38.5 Å². The summed E-state index contributed by atoms with van der Waals surface area (Å²) in [5.74, 6) is -1.98. The van der Waals surface area contributed by atoms with Crippen LogP contribution in [0.25, 0.3) is 0 Å². The highest BCUT2D eigenvalue weighted by Gasteiger charge is 2.25. The molecule has 114 valence electrons. The third-order valence-electron chi connectivity index (χ3n) is 2.83. The van der Waals surface area contributed by atoms with Crippen molar-refractivity contribution in [2.24, 2.45) is 5.92 Å². The molecule has 7 heteroatoms. The summed E-state index contributed by atoms with van der Waals surface area (Å²) in [6.07, 6.45) is 0. The molecule has 0 aliphatic carbocycles. The van der Waals surface area contributed by atoms with Crippen LogP contribution in [0.4, 0.5) is 0 Å². The van der Waals surface area contributed by atoms with Crippen LogP contribution in [0.3, 0.4) is 0 Å². The first-order valence-corrected chi connectivity index (χ1v) is 8.25. The van der Waals surface area contributed by atoms with Gasteiger partial charge in [-0.05, 0) is 19.0 Å². The predicted molar refractivity (Wildman–Crippen MR) is 75.6 cm³/mol. The average Bonchev–Trinajstić information content (AvgIpc) is 2.26. The van der Waals surface area contributed by atoms with Crippen LogP contribution in [-0.4, -0.2) is 67.2 Å². The second-order valence-corrected chi connectivity index (χ2v) is 6.90. The number of hydrogen-bond donors (Lipinski definition) is 1. The summed E-state index contributed by atoms with van der Waals surface area (Å²) >= 11 is 0. The van der Waals surface area contributed by atoms with Gasteiger partial charge < -0.3 is 10.0 Å². The maximum Gasteiger partial charge on any atom is 0.320 e. The van der Waals surface area contributed by atoms with Gasteiger partial charge in [-0.3, -0.25) is 4.79 Å². The lowest BCUT2D eigenvalue weighted by Crippen LogP contribution is -2.42. The number of likely N-dealkylation sites (N-methyl/N-ethyl adjacent to an activating group) is 1. The lowest BCUT2D eigenvalue weighted by molar-refractivity contribution is -0.134. The van der Waals surface area contributed by atoms with E-state index in [-0.39, 0.29) is 5.92 Å². The van der Waals surface area contributed by atoms with Gasteiger partial charge in [-0.15, -0.1) is 0 Å². The van der Waals surface area contributed by atoms with Gasteiger partial charge in [-0.25, -0.2) is 8.42 Å². The summed E-state index contributed by atoms with van der Waals surface area (Å²) in [6.45, 7) is 10.9. The minimum atomic E-state index is -3.72. The van der Waals surface area contributed by atoms with Crippen LogP contribution < -0.4 is 0 Å². The highest BCUT2D eigenvalue weighted by molar-refractivity contribution is 7.89. The van der Waals surface area contributed by atoms with Gasteiger partial charge in [0.25, 0.3) is 0 Å². The van der Waals surface area contributed by atoms with Crippen LogP contribution in [0.5, 0.6) is 0 Å². The first kappa shape index (κ1) is 18.3. The summed E-state index contributed by atoms with van der Waals surface area (Å²) < 4.78 is 25.3. The van der Waals surface area contributed by atoms with Crippen LogP contribution in [0.15, 0.2) is 0 Å². The second kappa shape index (κ2) is 8.50. The van der Waals surface area contributed by atoms with Crippen LogP contribution in [0.2, 0.25) is 0 Å². The highest BCUT2D eigenvalue weighted by Crippen LogP contribution is 2.07. The molecular weight excluding hydrogens is 268 g/mol. The van der Waals surface area contributed by atoms with Gasteiger partial charge in [0, 0.05) is 19.6 Å². The SMILES string of the molecule is CCN(CC)CCN(CC(C)C)S(=O)(=O)CC(=O)O. The number of aliphatic carboxylic acids is 1. The van der Waals surface area contributed by atoms with Crippen LogP contribution in [0.1, 0.15) is 27.7 Å². The topological polar surface area (TPSA) is 77.9 Å². The van der Waals surface area contributed by atoms with Gasteiger partial charge >= 0.3 is 5.97 Å². The maximum absolute atomic E-state index is 12.0. The minimum Gasteiger partial charge on any atom is -0.480 e. The van der Waals surface area contributed by atoms with Crippen molar-refractivity contribution in [3.05, 3.63) is 0 Å². The molecule has 0 aromatic rings.